The molecule has 7 nitrogen and oxygen atoms in total. The van der Waals surface area contributed by atoms with Gasteiger partial charge in [-0.2, -0.15) is 0 Å². The molecule has 1 aromatic heterocycles. The zero-order valence-corrected chi connectivity index (χ0v) is 16.2. The highest BCUT2D eigenvalue weighted by molar-refractivity contribution is 7.11. The van der Waals surface area contributed by atoms with E-state index in [1.54, 1.807) is 18.2 Å². The van der Waals surface area contributed by atoms with Gasteiger partial charge in [0.15, 0.2) is 4.80 Å². The van der Waals surface area contributed by atoms with E-state index in [-0.39, 0.29) is 28.4 Å². The quantitative estimate of drug-likeness (QED) is 0.612. The summed E-state index contributed by atoms with van der Waals surface area (Å²) in [6, 6.07) is 9.82. The molecule has 0 unspecified atom stereocenters. The number of nitrogens with zero attached hydrogens (tertiary/aromatic N) is 3. The van der Waals surface area contributed by atoms with E-state index < -0.39 is 17.7 Å². The van der Waals surface area contributed by atoms with Crippen LogP contribution in [0.15, 0.2) is 65.1 Å². The van der Waals surface area contributed by atoms with Crippen LogP contribution < -0.4 is 15.4 Å². The summed E-state index contributed by atoms with van der Waals surface area (Å²) in [6.45, 7) is 3.85. The molecule has 2 heterocycles. The lowest BCUT2D eigenvalue weighted by Gasteiger charge is -2.02. The molecule has 1 aliphatic heterocycles. The second kappa shape index (κ2) is 7.53. The van der Waals surface area contributed by atoms with Crippen molar-refractivity contribution in [3.63, 3.8) is 0 Å². The van der Waals surface area contributed by atoms with Crippen molar-refractivity contribution in [2.75, 3.05) is 0 Å². The molecule has 150 valence electrons. The average Bonchev–Trinajstić information content (AvgIpc) is 3.18. The molecule has 1 aliphatic rings. The van der Waals surface area contributed by atoms with Crippen molar-refractivity contribution in [1.82, 2.24) is 4.57 Å². The van der Waals surface area contributed by atoms with Gasteiger partial charge in [-0.15, -0.1) is 6.58 Å². The summed E-state index contributed by atoms with van der Waals surface area (Å²) < 4.78 is 15.2. The van der Waals surface area contributed by atoms with Crippen LogP contribution in [0.2, 0.25) is 0 Å². The monoisotopic (exact) mass is 423 g/mol. The number of carboxylic acid groups (broad SMARTS) is 1. The van der Waals surface area contributed by atoms with Gasteiger partial charge in [0.1, 0.15) is 10.7 Å². The van der Waals surface area contributed by atoms with Gasteiger partial charge in [-0.1, -0.05) is 23.5 Å². The Kier molecular flexibility index (Phi) is 4.88. The fourth-order valence-electron chi connectivity index (χ4n) is 3.07. The lowest BCUT2D eigenvalue weighted by atomic mass is 10.1. The van der Waals surface area contributed by atoms with Gasteiger partial charge >= 0.3 is 5.97 Å². The van der Waals surface area contributed by atoms with Gasteiger partial charge in [0.2, 0.25) is 5.88 Å². The fourth-order valence-corrected chi connectivity index (χ4v) is 4.18. The first-order chi connectivity index (χ1) is 14.4. The maximum atomic E-state index is 13.8. The molecule has 0 radical (unpaired) electrons. The topological polar surface area (TPSA) is 104 Å². The number of rotatable bonds is 5. The van der Waals surface area contributed by atoms with Crippen molar-refractivity contribution in [3.05, 3.63) is 86.8 Å². The zero-order chi connectivity index (χ0) is 21.4. The van der Waals surface area contributed by atoms with Gasteiger partial charge in [0.25, 0.3) is 5.91 Å². The third-order valence-corrected chi connectivity index (χ3v) is 5.49. The number of hydrogen-bond donors (Lipinski definition) is 2. The van der Waals surface area contributed by atoms with Gasteiger partial charge < -0.3 is 10.2 Å². The summed E-state index contributed by atoms with van der Waals surface area (Å²) in [7, 11) is 0. The van der Waals surface area contributed by atoms with E-state index in [1.807, 2.05) is 0 Å². The molecule has 9 heteroatoms. The molecule has 3 aromatic rings. The molecule has 0 fully saturated rings. The second-order valence-corrected chi connectivity index (χ2v) is 7.33. The molecular formula is C21H14FN3O4S. The number of carbonyl (C=O) groups is 2. The number of aromatic nitrogens is 1. The van der Waals surface area contributed by atoms with Crippen molar-refractivity contribution in [1.29, 1.82) is 0 Å². The summed E-state index contributed by atoms with van der Waals surface area (Å²) in [4.78, 5) is 32.6. The summed E-state index contributed by atoms with van der Waals surface area (Å²) in [6.07, 6.45) is 1.54. The van der Waals surface area contributed by atoms with Crippen molar-refractivity contribution < 1.29 is 24.2 Å². The van der Waals surface area contributed by atoms with E-state index in [4.69, 9.17) is 0 Å². The van der Waals surface area contributed by atoms with E-state index >= 15 is 0 Å². The number of amides is 1. The normalized spacial score (nSPS) is 13.3. The predicted octanol–water partition coefficient (Wildman–Crippen LogP) is 1.87. The Balaban J connectivity index is 1.98. The van der Waals surface area contributed by atoms with E-state index in [0.717, 1.165) is 11.3 Å². The molecule has 2 N–H and O–H groups in total. The predicted molar refractivity (Wildman–Crippen MR) is 107 cm³/mol. The number of carbonyl (C=O) groups excluding carboxylic acids is 1. The maximum absolute atomic E-state index is 13.8. The summed E-state index contributed by atoms with van der Waals surface area (Å²) in [5.41, 5.74) is 0.515. The highest BCUT2D eigenvalue weighted by atomic mass is 32.1. The minimum absolute atomic E-state index is 0.0658. The van der Waals surface area contributed by atoms with Crippen LogP contribution >= 0.6 is 11.3 Å². The minimum Gasteiger partial charge on any atom is -0.493 e. The number of carboxylic acids is 1. The van der Waals surface area contributed by atoms with E-state index in [2.05, 4.69) is 16.6 Å². The lowest BCUT2D eigenvalue weighted by molar-refractivity contribution is -0.112. The zero-order valence-electron chi connectivity index (χ0n) is 15.4. The molecule has 0 atom stereocenters. The van der Waals surface area contributed by atoms with Gasteiger partial charge in [0, 0.05) is 11.8 Å². The first-order valence-electron chi connectivity index (χ1n) is 8.74. The molecule has 0 spiro atoms. The lowest BCUT2D eigenvalue weighted by Crippen LogP contribution is -2.23. The van der Waals surface area contributed by atoms with Crippen LogP contribution in [0.5, 0.6) is 5.88 Å². The van der Waals surface area contributed by atoms with Crippen molar-refractivity contribution in [3.8, 4) is 5.88 Å². The molecule has 0 bridgehead atoms. The van der Waals surface area contributed by atoms with Gasteiger partial charge in [-0.05, 0) is 36.4 Å². The van der Waals surface area contributed by atoms with Crippen LogP contribution in [-0.4, -0.2) is 26.7 Å². The van der Waals surface area contributed by atoms with Crippen molar-refractivity contribution in [2.24, 2.45) is 9.98 Å². The first-order valence-corrected chi connectivity index (χ1v) is 9.55. The van der Waals surface area contributed by atoms with Gasteiger partial charge in [0.05, 0.1) is 22.2 Å². The van der Waals surface area contributed by atoms with Crippen molar-refractivity contribution in [2.45, 2.75) is 6.54 Å². The summed E-state index contributed by atoms with van der Waals surface area (Å²) in [5, 5.41) is 20.6. The third-order valence-electron chi connectivity index (χ3n) is 4.40. The highest BCUT2D eigenvalue weighted by Gasteiger charge is 2.25. The van der Waals surface area contributed by atoms with Crippen molar-refractivity contribution >= 4 is 34.5 Å². The van der Waals surface area contributed by atoms with Gasteiger partial charge in [-0.25, -0.2) is 19.2 Å². The molecule has 0 saturated carbocycles. The summed E-state index contributed by atoms with van der Waals surface area (Å²) in [5.74, 6) is -2.43. The Bertz CT molecular complexity index is 1420. The Labute approximate surface area is 172 Å². The Hall–Kier alpha value is -3.85. The number of fused-ring (bicyclic) bond motifs is 1. The van der Waals surface area contributed by atoms with Gasteiger partial charge in [-0.3, -0.25) is 9.36 Å². The average molecular weight is 423 g/mol. The molecule has 0 saturated heterocycles. The van der Waals surface area contributed by atoms with E-state index in [0.29, 0.717) is 21.1 Å². The molecule has 30 heavy (non-hydrogen) atoms. The number of aromatic carboxylic acids is 1. The Morgan fingerprint density at radius 3 is 2.83 bits per heavy atom. The Morgan fingerprint density at radius 1 is 1.30 bits per heavy atom. The Morgan fingerprint density at radius 2 is 2.10 bits per heavy atom. The van der Waals surface area contributed by atoms with Crippen LogP contribution in [0.1, 0.15) is 15.2 Å². The summed E-state index contributed by atoms with van der Waals surface area (Å²) >= 11 is 1.02. The standard InChI is InChI=1S/C21H14FN3O4S/c1-2-8-25-19(27)17(16-14-10-12(22)6-7-15(14)24-18(16)26)30-21(25)23-13-5-3-4-11(9-13)20(28)29/h2-7,9-10,27H,1,8H2,(H,28,29). The molecule has 4 rings (SSSR count). The van der Waals surface area contributed by atoms with E-state index in [1.165, 1.54) is 34.9 Å². The molecular weight excluding hydrogens is 409 g/mol. The maximum Gasteiger partial charge on any atom is 0.335 e. The SMILES string of the molecule is C=CCn1c(O)c(C2=c3cc(F)ccc3=NC2=O)sc1=Nc1cccc(C(=O)O)c1. The smallest absolute Gasteiger partial charge is 0.335 e. The number of benzene rings is 2. The van der Waals surface area contributed by atoms with Crippen LogP contribution in [0.3, 0.4) is 0 Å². The van der Waals surface area contributed by atoms with Crippen LogP contribution in [0.25, 0.3) is 5.57 Å². The van der Waals surface area contributed by atoms with Crippen LogP contribution in [0.4, 0.5) is 10.1 Å². The number of halogens is 1. The number of thiazole rings is 1. The van der Waals surface area contributed by atoms with Crippen LogP contribution in [0, 0.1) is 5.82 Å². The van der Waals surface area contributed by atoms with Crippen LogP contribution in [-0.2, 0) is 11.3 Å². The second-order valence-electron chi connectivity index (χ2n) is 6.36. The largest absolute Gasteiger partial charge is 0.493 e. The third kappa shape index (κ3) is 3.35. The number of hydrogen-bond acceptors (Lipinski definition) is 5. The highest BCUT2D eigenvalue weighted by Crippen LogP contribution is 2.29. The van der Waals surface area contributed by atoms with E-state index in [9.17, 15) is 24.2 Å². The number of aromatic hydroxyl groups is 1. The molecule has 2 aromatic carbocycles. The number of allylic oxidation sites excluding steroid dienone is 1. The fraction of sp³-hybridized carbons (Fsp3) is 0.0476. The molecule has 0 aliphatic carbocycles. The minimum atomic E-state index is -1.09. The molecule has 1 amide bonds. The first kappa shape index (κ1) is 19.5.